The Labute approximate surface area is 109 Å². The molecule has 6 heteroatoms. The Morgan fingerprint density at radius 3 is 2.69 bits per heavy atom. The van der Waals surface area contributed by atoms with Crippen LogP contribution in [-0.2, 0) is 10.0 Å². The maximum absolute atomic E-state index is 11.9. The minimum Gasteiger partial charge on any atom is -0.207 e. The van der Waals surface area contributed by atoms with Gasteiger partial charge in [0.1, 0.15) is 0 Å². The Hall–Kier alpha value is -0.100. The van der Waals surface area contributed by atoms with Gasteiger partial charge in [-0.25, -0.2) is 13.1 Å². The first-order valence-electron chi connectivity index (χ1n) is 4.83. The van der Waals surface area contributed by atoms with E-state index in [1.807, 2.05) is 6.92 Å². The highest BCUT2D eigenvalue weighted by atomic mass is 79.9. The minimum atomic E-state index is -3.47. The van der Waals surface area contributed by atoms with E-state index in [9.17, 15) is 8.42 Å². The van der Waals surface area contributed by atoms with Gasteiger partial charge < -0.3 is 0 Å². The predicted molar refractivity (Wildman–Crippen MR) is 69.3 cm³/mol. The second-order valence-corrected chi connectivity index (χ2v) is 6.28. The molecule has 0 fully saturated rings. The van der Waals surface area contributed by atoms with Crippen LogP contribution in [0.3, 0.4) is 0 Å². The third-order valence-electron chi connectivity index (χ3n) is 2.11. The van der Waals surface area contributed by atoms with Gasteiger partial charge in [0.05, 0.1) is 4.90 Å². The van der Waals surface area contributed by atoms with Crippen LogP contribution in [-0.4, -0.2) is 20.3 Å². The van der Waals surface area contributed by atoms with Crippen LogP contribution in [0.25, 0.3) is 0 Å². The van der Waals surface area contributed by atoms with Gasteiger partial charge in [0, 0.05) is 16.4 Å². The maximum Gasteiger partial charge on any atom is 0.240 e. The molecule has 0 saturated heterocycles. The number of alkyl halides is 1. The molecule has 1 atom stereocenters. The Morgan fingerprint density at radius 1 is 1.50 bits per heavy atom. The zero-order valence-corrected chi connectivity index (χ0v) is 11.9. The van der Waals surface area contributed by atoms with Crippen molar-refractivity contribution >= 4 is 37.6 Å². The van der Waals surface area contributed by atoms with Crippen molar-refractivity contribution in [2.45, 2.75) is 24.3 Å². The van der Waals surface area contributed by atoms with Gasteiger partial charge in [-0.3, -0.25) is 0 Å². The fourth-order valence-electron chi connectivity index (χ4n) is 1.15. The highest BCUT2D eigenvalue weighted by molar-refractivity contribution is 9.10. The molecule has 0 saturated carbocycles. The number of hydrogen-bond donors (Lipinski definition) is 1. The molecular formula is C10H13BrClNO2S. The van der Waals surface area contributed by atoms with E-state index in [0.29, 0.717) is 6.42 Å². The summed E-state index contributed by atoms with van der Waals surface area (Å²) >= 11 is 8.89. The summed E-state index contributed by atoms with van der Waals surface area (Å²) in [5.41, 5.74) is 0. The Morgan fingerprint density at radius 2 is 2.19 bits per heavy atom. The molecule has 1 N–H and O–H groups in total. The van der Waals surface area contributed by atoms with E-state index < -0.39 is 10.0 Å². The van der Waals surface area contributed by atoms with E-state index >= 15 is 0 Å². The molecule has 0 amide bonds. The lowest BCUT2D eigenvalue weighted by Crippen LogP contribution is -2.35. The van der Waals surface area contributed by atoms with Crippen LogP contribution in [0.2, 0.25) is 0 Å². The van der Waals surface area contributed by atoms with Crippen LogP contribution >= 0.6 is 27.5 Å². The van der Waals surface area contributed by atoms with Crippen LogP contribution in [0.15, 0.2) is 33.6 Å². The molecule has 0 aliphatic heterocycles. The van der Waals surface area contributed by atoms with Crippen LogP contribution in [0.4, 0.5) is 0 Å². The summed E-state index contributed by atoms with van der Waals surface area (Å²) < 4.78 is 27.1. The minimum absolute atomic E-state index is 0.231. The van der Waals surface area contributed by atoms with E-state index in [1.165, 1.54) is 0 Å². The molecule has 0 bridgehead atoms. The van der Waals surface area contributed by atoms with Gasteiger partial charge in [-0.1, -0.05) is 28.9 Å². The Bertz CT molecular complexity index is 446. The van der Waals surface area contributed by atoms with Gasteiger partial charge in [0.25, 0.3) is 0 Å². The fourth-order valence-corrected chi connectivity index (χ4v) is 3.45. The molecule has 0 aliphatic carbocycles. The lowest BCUT2D eigenvalue weighted by atomic mass is 10.3. The largest absolute Gasteiger partial charge is 0.240 e. The molecule has 1 unspecified atom stereocenters. The zero-order valence-electron chi connectivity index (χ0n) is 8.78. The molecule has 0 aromatic heterocycles. The molecule has 1 rings (SSSR count). The van der Waals surface area contributed by atoms with Gasteiger partial charge in [-0.15, -0.1) is 11.6 Å². The van der Waals surface area contributed by atoms with Crippen LogP contribution in [0, 0.1) is 0 Å². The lowest BCUT2D eigenvalue weighted by molar-refractivity contribution is 0.557. The molecule has 0 spiro atoms. The first-order chi connectivity index (χ1) is 7.49. The van der Waals surface area contributed by atoms with E-state index in [0.717, 1.165) is 4.47 Å². The van der Waals surface area contributed by atoms with Crippen molar-refractivity contribution in [2.24, 2.45) is 0 Å². The number of sulfonamides is 1. The van der Waals surface area contributed by atoms with Crippen LogP contribution in [0.5, 0.6) is 0 Å². The summed E-state index contributed by atoms with van der Waals surface area (Å²) in [5, 5.41) is 0. The van der Waals surface area contributed by atoms with E-state index in [-0.39, 0.29) is 16.8 Å². The summed E-state index contributed by atoms with van der Waals surface area (Å²) in [5.74, 6) is 0.268. The average Bonchev–Trinajstić information content (AvgIpc) is 2.26. The number of rotatable bonds is 5. The normalized spacial score (nSPS) is 13.7. The Kier molecular flexibility index (Phi) is 5.24. The van der Waals surface area contributed by atoms with E-state index in [1.54, 1.807) is 24.3 Å². The van der Waals surface area contributed by atoms with Crippen molar-refractivity contribution in [3.63, 3.8) is 0 Å². The molecule has 1 aromatic carbocycles. The van der Waals surface area contributed by atoms with Crippen molar-refractivity contribution < 1.29 is 8.42 Å². The smallest absolute Gasteiger partial charge is 0.207 e. The number of hydrogen-bond acceptors (Lipinski definition) is 2. The Balaban J connectivity index is 2.94. The first kappa shape index (κ1) is 14.0. The standard InChI is InChI=1S/C10H13BrClNO2S/c1-2-9(7-12)13-16(14,15)10-5-3-4-8(11)6-10/h3-6,9,13H,2,7H2,1H3. The van der Waals surface area contributed by atoms with Gasteiger partial charge in [0.15, 0.2) is 0 Å². The predicted octanol–water partition coefficient (Wildman–Crippen LogP) is 2.74. The van der Waals surface area contributed by atoms with E-state index in [2.05, 4.69) is 20.7 Å². The SMILES string of the molecule is CCC(CCl)NS(=O)(=O)c1cccc(Br)c1. The van der Waals surface area contributed by atoms with E-state index in [4.69, 9.17) is 11.6 Å². The monoisotopic (exact) mass is 325 g/mol. The molecule has 0 heterocycles. The topological polar surface area (TPSA) is 46.2 Å². The lowest BCUT2D eigenvalue weighted by Gasteiger charge is -2.14. The average molecular weight is 327 g/mol. The highest BCUT2D eigenvalue weighted by Crippen LogP contribution is 2.16. The third kappa shape index (κ3) is 3.73. The maximum atomic E-state index is 11.9. The molecule has 0 aliphatic rings. The molecule has 90 valence electrons. The number of benzene rings is 1. The second-order valence-electron chi connectivity index (χ2n) is 3.34. The molecule has 1 aromatic rings. The second kappa shape index (κ2) is 6.00. The fraction of sp³-hybridized carbons (Fsp3) is 0.400. The molecule has 3 nitrogen and oxygen atoms in total. The third-order valence-corrected chi connectivity index (χ3v) is 4.49. The van der Waals surface area contributed by atoms with Crippen LogP contribution < -0.4 is 4.72 Å². The van der Waals surface area contributed by atoms with Gasteiger partial charge in [-0.05, 0) is 24.6 Å². The highest BCUT2D eigenvalue weighted by Gasteiger charge is 2.18. The van der Waals surface area contributed by atoms with Gasteiger partial charge in [0.2, 0.25) is 10.0 Å². The number of nitrogens with one attached hydrogen (secondary N) is 1. The summed E-state index contributed by atoms with van der Waals surface area (Å²) in [6.45, 7) is 1.89. The summed E-state index contributed by atoms with van der Waals surface area (Å²) in [7, 11) is -3.47. The number of halogens is 2. The summed E-state index contributed by atoms with van der Waals surface area (Å²) in [6.07, 6.45) is 0.663. The molecule has 0 radical (unpaired) electrons. The van der Waals surface area contributed by atoms with Gasteiger partial charge in [-0.2, -0.15) is 0 Å². The molecular weight excluding hydrogens is 314 g/mol. The first-order valence-corrected chi connectivity index (χ1v) is 7.64. The van der Waals surface area contributed by atoms with Crippen molar-refractivity contribution in [3.8, 4) is 0 Å². The van der Waals surface area contributed by atoms with Crippen molar-refractivity contribution in [2.75, 3.05) is 5.88 Å². The zero-order chi connectivity index (χ0) is 12.2. The molecule has 16 heavy (non-hydrogen) atoms. The van der Waals surface area contributed by atoms with Gasteiger partial charge >= 0.3 is 0 Å². The summed E-state index contributed by atoms with van der Waals surface area (Å²) in [4.78, 5) is 0.241. The van der Waals surface area contributed by atoms with Crippen molar-refractivity contribution in [1.82, 2.24) is 4.72 Å². The van der Waals surface area contributed by atoms with Crippen molar-refractivity contribution in [3.05, 3.63) is 28.7 Å². The quantitative estimate of drug-likeness (QED) is 0.846. The van der Waals surface area contributed by atoms with Crippen molar-refractivity contribution in [1.29, 1.82) is 0 Å². The van der Waals surface area contributed by atoms with Crippen LogP contribution in [0.1, 0.15) is 13.3 Å². The summed E-state index contributed by atoms with van der Waals surface area (Å²) in [6, 6.07) is 6.33.